The van der Waals surface area contributed by atoms with E-state index < -0.39 is 16.4 Å². The van der Waals surface area contributed by atoms with Gasteiger partial charge in [0.25, 0.3) is 5.24 Å². The highest BCUT2D eigenvalue weighted by molar-refractivity contribution is 8.15. The van der Waals surface area contributed by atoms with E-state index in [2.05, 4.69) is 10.6 Å². The molecule has 3 N–H and O–H groups in total. The summed E-state index contributed by atoms with van der Waals surface area (Å²) in [6.45, 7) is 0.389. The van der Waals surface area contributed by atoms with Gasteiger partial charge in [-0.1, -0.05) is 11.8 Å². The molecule has 0 aromatic carbocycles. The summed E-state index contributed by atoms with van der Waals surface area (Å²) in [7, 11) is 0. The fourth-order valence-electron chi connectivity index (χ4n) is 1.08. The van der Waals surface area contributed by atoms with Gasteiger partial charge in [0.15, 0.2) is 0 Å². The number of hydrogen-bond acceptors (Lipinski definition) is 5. The quantitative estimate of drug-likeness (QED) is 0.541. The van der Waals surface area contributed by atoms with Crippen molar-refractivity contribution in [3.05, 3.63) is 0 Å². The predicted octanol–water partition coefficient (Wildman–Crippen LogP) is -0.773. The van der Waals surface area contributed by atoms with Crippen molar-refractivity contribution in [2.45, 2.75) is 18.1 Å². The van der Waals surface area contributed by atoms with Crippen molar-refractivity contribution in [1.29, 1.82) is 0 Å². The third-order valence-electron chi connectivity index (χ3n) is 1.79. The van der Waals surface area contributed by atoms with Gasteiger partial charge in [0.05, 0.1) is 0 Å². The Morgan fingerprint density at radius 3 is 2.80 bits per heavy atom. The molecule has 1 heterocycles. The Kier molecular flexibility index (Phi) is 4.57. The number of amides is 3. The van der Waals surface area contributed by atoms with Gasteiger partial charge in [-0.15, -0.1) is 0 Å². The van der Waals surface area contributed by atoms with Crippen molar-refractivity contribution >= 4 is 28.8 Å². The molecule has 0 saturated carbocycles. The molecular weight excluding hydrogens is 220 g/mol. The lowest BCUT2D eigenvalue weighted by molar-refractivity contribution is -0.125. The van der Waals surface area contributed by atoms with Gasteiger partial charge in [-0.3, -0.25) is 19.7 Å². The largest absolute Gasteiger partial charge is 0.396 e. The van der Waals surface area contributed by atoms with E-state index in [-0.39, 0.29) is 18.9 Å². The van der Waals surface area contributed by atoms with Crippen LogP contribution in [0.1, 0.15) is 12.8 Å². The number of thioether (sulfide) groups is 1. The first kappa shape index (κ1) is 12.0. The molecule has 84 valence electrons. The number of hydrogen-bond donors (Lipinski definition) is 3. The van der Waals surface area contributed by atoms with E-state index in [1.807, 2.05) is 0 Å². The zero-order valence-electron chi connectivity index (χ0n) is 7.99. The average Bonchev–Trinajstić information content (AvgIpc) is 2.45. The molecule has 1 saturated heterocycles. The van der Waals surface area contributed by atoms with Crippen LogP contribution in [-0.4, -0.2) is 40.6 Å². The number of aliphatic hydroxyl groups excluding tert-OH is 1. The summed E-state index contributed by atoms with van der Waals surface area (Å²) < 4.78 is 0. The maximum Gasteiger partial charge on any atom is 0.286 e. The number of carbonyl (C=O) groups excluding carboxylic acids is 3. The molecule has 0 aromatic heterocycles. The molecule has 6 nitrogen and oxygen atoms in total. The molecule has 7 heteroatoms. The van der Waals surface area contributed by atoms with Gasteiger partial charge in [0, 0.05) is 19.6 Å². The van der Waals surface area contributed by atoms with Crippen LogP contribution in [-0.2, 0) is 9.59 Å². The molecule has 0 spiro atoms. The lowest BCUT2D eigenvalue weighted by Gasteiger charge is -2.05. The van der Waals surface area contributed by atoms with Gasteiger partial charge in [0.1, 0.15) is 5.25 Å². The molecule has 1 rings (SSSR count). The Balaban J connectivity index is 2.26. The molecule has 1 aliphatic heterocycles. The normalized spacial score (nSPS) is 20.2. The molecule has 0 aliphatic carbocycles. The summed E-state index contributed by atoms with van der Waals surface area (Å²) >= 11 is 0.831. The highest BCUT2D eigenvalue weighted by Crippen LogP contribution is 2.21. The fraction of sp³-hybridized carbons (Fsp3) is 0.625. The number of rotatable bonds is 5. The summed E-state index contributed by atoms with van der Waals surface area (Å²) in [5.41, 5.74) is 0. The Morgan fingerprint density at radius 1 is 1.53 bits per heavy atom. The lowest BCUT2D eigenvalue weighted by Crippen LogP contribution is -2.31. The van der Waals surface area contributed by atoms with Crippen LogP contribution in [0.15, 0.2) is 0 Å². The van der Waals surface area contributed by atoms with Gasteiger partial charge in [-0.2, -0.15) is 0 Å². The first-order chi connectivity index (χ1) is 7.13. The topological polar surface area (TPSA) is 95.5 Å². The van der Waals surface area contributed by atoms with Crippen LogP contribution < -0.4 is 10.6 Å². The molecule has 0 radical (unpaired) electrons. The summed E-state index contributed by atoms with van der Waals surface area (Å²) in [5.74, 6) is -0.701. The Hall–Kier alpha value is -1.08. The third kappa shape index (κ3) is 3.88. The van der Waals surface area contributed by atoms with E-state index >= 15 is 0 Å². The van der Waals surface area contributed by atoms with E-state index in [0.717, 1.165) is 11.8 Å². The highest BCUT2D eigenvalue weighted by Gasteiger charge is 2.32. The highest BCUT2D eigenvalue weighted by atomic mass is 32.2. The van der Waals surface area contributed by atoms with Gasteiger partial charge in [0.2, 0.25) is 11.8 Å². The minimum Gasteiger partial charge on any atom is -0.396 e. The van der Waals surface area contributed by atoms with Crippen molar-refractivity contribution in [2.24, 2.45) is 0 Å². The molecular formula is C8H12N2O4S. The SMILES string of the molecule is O=C(CC1SC(=O)NC1=O)NCCCO. The number of aliphatic hydroxyl groups is 1. The molecule has 1 unspecified atom stereocenters. The van der Waals surface area contributed by atoms with Crippen LogP contribution in [0.3, 0.4) is 0 Å². The van der Waals surface area contributed by atoms with Crippen LogP contribution >= 0.6 is 11.8 Å². The summed E-state index contributed by atoms with van der Waals surface area (Å²) in [6.07, 6.45) is 0.475. The van der Waals surface area contributed by atoms with Crippen molar-refractivity contribution in [3.8, 4) is 0 Å². The Morgan fingerprint density at radius 2 is 2.27 bits per heavy atom. The third-order valence-corrected chi connectivity index (χ3v) is 2.78. The van der Waals surface area contributed by atoms with Crippen LogP contribution in [0, 0.1) is 0 Å². The zero-order chi connectivity index (χ0) is 11.3. The fourth-order valence-corrected chi connectivity index (χ4v) is 1.89. The molecule has 1 aliphatic rings. The number of carbonyl (C=O) groups is 3. The van der Waals surface area contributed by atoms with E-state index in [0.29, 0.717) is 13.0 Å². The summed E-state index contributed by atoms with van der Waals surface area (Å²) in [5, 5.41) is 12.1. The first-order valence-electron chi connectivity index (χ1n) is 4.52. The number of imide groups is 1. The number of nitrogens with one attached hydrogen (secondary N) is 2. The van der Waals surface area contributed by atoms with Crippen molar-refractivity contribution in [1.82, 2.24) is 10.6 Å². The second-order valence-electron chi connectivity index (χ2n) is 3.01. The lowest BCUT2D eigenvalue weighted by atomic mass is 10.2. The average molecular weight is 232 g/mol. The van der Waals surface area contributed by atoms with Crippen LogP contribution in [0.5, 0.6) is 0 Å². The van der Waals surface area contributed by atoms with E-state index in [4.69, 9.17) is 5.11 Å². The van der Waals surface area contributed by atoms with Crippen molar-refractivity contribution in [2.75, 3.05) is 13.2 Å². The summed E-state index contributed by atoms with van der Waals surface area (Å²) in [6, 6.07) is 0. The minimum atomic E-state index is -0.619. The van der Waals surface area contributed by atoms with Gasteiger partial charge >= 0.3 is 0 Å². The summed E-state index contributed by atoms with van der Waals surface area (Å²) in [4.78, 5) is 33.1. The molecule has 15 heavy (non-hydrogen) atoms. The Labute approximate surface area is 90.8 Å². The molecule has 3 amide bonds. The van der Waals surface area contributed by atoms with E-state index in [1.165, 1.54) is 0 Å². The second kappa shape index (κ2) is 5.72. The standard InChI is InChI=1S/C8H12N2O4S/c11-3-1-2-9-6(12)4-5-7(13)10-8(14)15-5/h5,11H,1-4H2,(H,9,12)(H,10,13,14). The van der Waals surface area contributed by atoms with E-state index in [1.54, 1.807) is 0 Å². The van der Waals surface area contributed by atoms with Crippen LogP contribution in [0.2, 0.25) is 0 Å². The molecule has 0 bridgehead atoms. The van der Waals surface area contributed by atoms with E-state index in [9.17, 15) is 14.4 Å². The van der Waals surface area contributed by atoms with Gasteiger partial charge in [-0.05, 0) is 6.42 Å². The predicted molar refractivity (Wildman–Crippen MR) is 54.2 cm³/mol. The molecule has 0 aromatic rings. The maximum atomic E-state index is 11.2. The second-order valence-corrected chi connectivity index (χ2v) is 4.19. The molecule has 1 fully saturated rings. The zero-order valence-corrected chi connectivity index (χ0v) is 8.80. The van der Waals surface area contributed by atoms with Crippen LogP contribution in [0.4, 0.5) is 4.79 Å². The van der Waals surface area contributed by atoms with Gasteiger partial charge in [-0.25, -0.2) is 0 Å². The van der Waals surface area contributed by atoms with Crippen LogP contribution in [0.25, 0.3) is 0 Å². The first-order valence-corrected chi connectivity index (χ1v) is 5.40. The van der Waals surface area contributed by atoms with Crippen molar-refractivity contribution in [3.63, 3.8) is 0 Å². The monoisotopic (exact) mass is 232 g/mol. The molecule has 1 atom stereocenters. The Bertz CT molecular complexity index is 282. The van der Waals surface area contributed by atoms with Gasteiger partial charge < -0.3 is 10.4 Å². The smallest absolute Gasteiger partial charge is 0.286 e. The maximum absolute atomic E-state index is 11.2. The minimum absolute atomic E-state index is 0.00628. The van der Waals surface area contributed by atoms with Crippen molar-refractivity contribution < 1.29 is 19.5 Å².